The number of furan rings is 1. The molecule has 0 radical (unpaired) electrons. The van der Waals surface area contributed by atoms with Crippen LogP contribution in [0.3, 0.4) is 0 Å². The summed E-state index contributed by atoms with van der Waals surface area (Å²) < 4.78 is 15.3. The van der Waals surface area contributed by atoms with Gasteiger partial charge in [0.05, 0.1) is 24.8 Å². The van der Waals surface area contributed by atoms with Gasteiger partial charge in [0.15, 0.2) is 6.10 Å². The van der Waals surface area contributed by atoms with Crippen molar-refractivity contribution in [3.8, 4) is 5.75 Å². The number of esters is 1. The molecule has 2 rings (SSSR count). The quantitative estimate of drug-likeness (QED) is 0.773. The summed E-state index contributed by atoms with van der Waals surface area (Å²) in [5, 5.41) is 3.01. The van der Waals surface area contributed by atoms with Gasteiger partial charge < -0.3 is 19.2 Å². The smallest absolute Gasteiger partial charge is 0.307 e. The van der Waals surface area contributed by atoms with Crippen molar-refractivity contribution in [2.75, 3.05) is 12.4 Å². The minimum Gasteiger partial charge on any atom is -0.495 e. The van der Waals surface area contributed by atoms with Crippen molar-refractivity contribution < 1.29 is 23.5 Å². The number of anilines is 1. The topological polar surface area (TPSA) is 77.8 Å². The summed E-state index contributed by atoms with van der Waals surface area (Å²) >= 11 is 6.00. The fourth-order valence-corrected chi connectivity index (χ4v) is 2.24. The lowest BCUT2D eigenvalue weighted by Crippen LogP contribution is -2.30. The Balaban J connectivity index is 1.83. The van der Waals surface area contributed by atoms with Crippen LogP contribution < -0.4 is 10.1 Å². The van der Waals surface area contributed by atoms with Crippen molar-refractivity contribution in [1.82, 2.24) is 0 Å². The Kier molecular flexibility index (Phi) is 6.26. The van der Waals surface area contributed by atoms with E-state index < -0.39 is 18.0 Å². The van der Waals surface area contributed by atoms with Crippen molar-refractivity contribution in [3.63, 3.8) is 0 Å². The Bertz CT molecular complexity index is 699. The van der Waals surface area contributed by atoms with E-state index in [2.05, 4.69) is 5.32 Å². The van der Waals surface area contributed by atoms with Gasteiger partial charge in [0, 0.05) is 12.1 Å². The monoisotopic (exact) mass is 351 g/mol. The molecule has 0 spiro atoms. The van der Waals surface area contributed by atoms with E-state index in [0.717, 1.165) is 0 Å². The van der Waals surface area contributed by atoms with E-state index in [9.17, 15) is 9.59 Å². The first-order valence-corrected chi connectivity index (χ1v) is 7.73. The number of hydrogen-bond acceptors (Lipinski definition) is 5. The molecule has 1 aromatic heterocycles. The standard InChI is InChI=1S/C17H18ClNO5/c1-11(24-16(20)8-6-13-4-3-9-23-13)17(21)19-12-5-7-15(22-2)14(18)10-12/h3-5,7,9-11H,6,8H2,1-2H3,(H,19,21)/t11-/m1/s1. The SMILES string of the molecule is COc1ccc(NC(=O)[C@@H](C)OC(=O)CCc2ccco2)cc1Cl. The zero-order chi connectivity index (χ0) is 17.5. The summed E-state index contributed by atoms with van der Waals surface area (Å²) in [6.07, 6.45) is 1.18. The van der Waals surface area contributed by atoms with Crippen molar-refractivity contribution >= 4 is 29.2 Å². The summed E-state index contributed by atoms with van der Waals surface area (Å²) in [6, 6.07) is 8.36. The third-order valence-corrected chi connectivity index (χ3v) is 3.55. The summed E-state index contributed by atoms with van der Waals surface area (Å²) in [5.74, 6) is 0.286. The molecule has 0 fully saturated rings. The number of nitrogens with one attached hydrogen (secondary N) is 1. The van der Waals surface area contributed by atoms with Crippen molar-refractivity contribution in [3.05, 3.63) is 47.4 Å². The van der Waals surface area contributed by atoms with Crippen LogP contribution in [0.1, 0.15) is 19.1 Å². The fraction of sp³-hybridized carbons (Fsp3) is 0.294. The fourth-order valence-electron chi connectivity index (χ4n) is 1.98. The van der Waals surface area contributed by atoms with Crippen molar-refractivity contribution in [1.29, 1.82) is 0 Å². The van der Waals surface area contributed by atoms with E-state index in [1.807, 2.05) is 0 Å². The van der Waals surface area contributed by atoms with Crippen LogP contribution in [0.2, 0.25) is 5.02 Å². The van der Waals surface area contributed by atoms with Crippen LogP contribution >= 0.6 is 11.6 Å². The second-order valence-electron chi connectivity index (χ2n) is 5.05. The van der Waals surface area contributed by atoms with Crippen LogP contribution in [0, 0.1) is 0 Å². The molecule has 24 heavy (non-hydrogen) atoms. The number of carbonyl (C=O) groups is 2. The van der Waals surface area contributed by atoms with Gasteiger partial charge in [-0.25, -0.2) is 0 Å². The molecule has 0 bridgehead atoms. The van der Waals surface area contributed by atoms with Crippen LogP contribution in [-0.2, 0) is 20.7 Å². The molecule has 1 amide bonds. The van der Waals surface area contributed by atoms with Gasteiger partial charge in [0.2, 0.25) is 0 Å². The number of benzene rings is 1. The van der Waals surface area contributed by atoms with E-state index >= 15 is 0 Å². The van der Waals surface area contributed by atoms with Gasteiger partial charge in [-0.15, -0.1) is 0 Å². The Morgan fingerprint density at radius 3 is 2.75 bits per heavy atom. The molecule has 0 aliphatic heterocycles. The minimum atomic E-state index is -0.921. The zero-order valence-electron chi connectivity index (χ0n) is 13.4. The first-order valence-electron chi connectivity index (χ1n) is 7.36. The summed E-state index contributed by atoms with van der Waals surface area (Å²) in [6.45, 7) is 1.51. The third-order valence-electron chi connectivity index (χ3n) is 3.25. The molecule has 1 aromatic carbocycles. The van der Waals surface area contributed by atoms with Gasteiger partial charge in [-0.05, 0) is 37.3 Å². The lowest BCUT2D eigenvalue weighted by molar-refractivity contribution is -0.153. The first kappa shape index (κ1) is 17.9. The molecule has 0 saturated carbocycles. The van der Waals surface area contributed by atoms with Gasteiger partial charge in [-0.2, -0.15) is 0 Å². The number of rotatable bonds is 7. The number of amides is 1. The molecule has 1 heterocycles. The number of ether oxygens (including phenoxy) is 2. The average Bonchev–Trinajstić information content (AvgIpc) is 3.06. The van der Waals surface area contributed by atoms with E-state index in [0.29, 0.717) is 28.6 Å². The van der Waals surface area contributed by atoms with Crippen LogP contribution in [0.15, 0.2) is 41.0 Å². The highest BCUT2D eigenvalue weighted by atomic mass is 35.5. The molecule has 0 unspecified atom stereocenters. The van der Waals surface area contributed by atoms with Gasteiger partial charge >= 0.3 is 5.97 Å². The second kappa shape index (κ2) is 8.40. The Labute approximate surface area is 144 Å². The maximum atomic E-state index is 12.1. The number of hydrogen-bond donors (Lipinski definition) is 1. The number of carbonyl (C=O) groups excluding carboxylic acids is 2. The highest BCUT2D eigenvalue weighted by molar-refractivity contribution is 6.32. The summed E-state index contributed by atoms with van der Waals surface area (Å²) in [7, 11) is 1.50. The highest BCUT2D eigenvalue weighted by Crippen LogP contribution is 2.27. The Hall–Kier alpha value is -2.47. The van der Waals surface area contributed by atoms with E-state index in [1.165, 1.54) is 20.3 Å². The minimum absolute atomic E-state index is 0.138. The molecule has 1 N–H and O–H groups in total. The van der Waals surface area contributed by atoms with Crippen molar-refractivity contribution in [2.24, 2.45) is 0 Å². The number of aryl methyl sites for hydroxylation is 1. The van der Waals surface area contributed by atoms with Crippen molar-refractivity contribution in [2.45, 2.75) is 25.9 Å². The molecular weight excluding hydrogens is 334 g/mol. The molecule has 128 valence electrons. The first-order chi connectivity index (χ1) is 11.5. The normalized spacial score (nSPS) is 11.6. The van der Waals surface area contributed by atoms with Gasteiger partial charge in [-0.1, -0.05) is 11.6 Å². The van der Waals surface area contributed by atoms with Crippen LogP contribution in [0.5, 0.6) is 5.75 Å². The second-order valence-corrected chi connectivity index (χ2v) is 5.46. The van der Waals surface area contributed by atoms with Crippen LogP contribution in [0.25, 0.3) is 0 Å². The number of methoxy groups -OCH3 is 1. The van der Waals surface area contributed by atoms with E-state index in [-0.39, 0.29) is 6.42 Å². The van der Waals surface area contributed by atoms with Gasteiger partial charge in [-0.3, -0.25) is 9.59 Å². The summed E-state index contributed by atoms with van der Waals surface area (Å²) in [5.41, 5.74) is 0.490. The predicted molar refractivity (Wildman–Crippen MR) is 89.2 cm³/mol. The predicted octanol–water partition coefficient (Wildman–Crippen LogP) is 3.44. The average molecular weight is 352 g/mol. The molecule has 7 heteroatoms. The van der Waals surface area contributed by atoms with E-state index in [4.69, 9.17) is 25.5 Å². The highest BCUT2D eigenvalue weighted by Gasteiger charge is 2.18. The van der Waals surface area contributed by atoms with Gasteiger partial charge in [0.25, 0.3) is 5.91 Å². The number of halogens is 1. The summed E-state index contributed by atoms with van der Waals surface area (Å²) in [4.78, 5) is 23.8. The van der Waals surface area contributed by atoms with Gasteiger partial charge in [0.1, 0.15) is 11.5 Å². The maximum absolute atomic E-state index is 12.1. The van der Waals surface area contributed by atoms with Crippen LogP contribution in [-0.4, -0.2) is 25.1 Å². The lowest BCUT2D eigenvalue weighted by Gasteiger charge is -2.14. The molecule has 6 nitrogen and oxygen atoms in total. The van der Waals surface area contributed by atoms with Crippen LogP contribution in [0.4, 0.5) is 5.69 Å². The largest absolute Gasteiger partial charge is 0.495 e. The molecular formula is C17H18ClNO5. The molecule has 0 aliphatic rings. The third kappa shape index (κ3) is 5.03. The Morgan fingerprint density at radius 2 is 2.12 bits per heavy atom. The Morgan fingerprint density at radius 1 is 1.33 bits per heavy atom. The zero-order valence-corrected chi connectivity index (χ0v) is 14.1. The van der Waals surface area contributed by atoms with E-state index in [1.54, 1.807) is 30.3 Å². The lowest BCUT2D eigenvalue weighted by atomic mass is 10.2. The maximum Gasteiger partial charge on any atom is 0.307 e. The molecule has 0 aliphatic carbocycles. The molecule has 2 aromatic rings. The molecule has 1 atom stereocenters. The molecule has 0 saturated heterocycles.